The Kier molecular flexibility index (Phi) is 4.33. The third-order valence-corrected chi connectivity index (χ3v) is 3.55. The molecule has 1 unspecified atom stereocenters. The van der Waals surface area contributed by atoms with Gasteiger partial charge in [0.2, 0.25) is 5.91 Å². The topological polar surface area (TPSA) is 68.0 Å². The molecule has 1 amide bonds. The molecule has 0 aliphatic rings. The third kappa shape index (κ3) is 3.20. The minimum atomic E-state index is -4.78. The summed E-state index contributed by atoms with van der Waals surface area (Å²) in [6.45, 7) is 2.53. The fourth-order valence-corrected chi connectivity index (χ4v) is 1.86. The van der Waals surface area contributed by atoms with Crippen molar-refractivity contribution in [2.75, 3.05) is 0 Å². The lowest BCUT2D eigenvalue weighted by Crippen LogP contribution is -2.61. The number of alkyl halides is 3. The summed E-state index contributed by atoms with van der Waals surface area (Å²) >= 11 is 1.35. The van der Waals surface area contributed by atoms with Crippen molar-refractivity contribution < 1.29 is 18.0 Å². The lowest BCUT2D eigenvalue weighted by molar-refractivity contribution is -0.187. The van der Waals surface area contributed by atoms with Gasteiger partial charge < -0.3 is 11.1 Å². The van der Waals surface area contributed by atoms with E-state index < -0.39 is 17.6 Å². The zero-order valence-electron chi connectivity index (χ0n) is 9.97. The molecule has 1 aromatic rings. The number of aryl methyl sites for hydroxylation is 1. The minimum Gasteiger partial charge on any atom is -0.348 e. The first-order valence-corrected chi connectivity index (χ1v) is 6.07. The van der Waals surface area contributed by atoms with Crippen LogP contribution in [0.3, 0.4) is 0 Å². The highest BCUT2D eigenvalue weighted by Crippen LogP contribution is 2.28. The number of nitrogens with two attached hydrogens (primary N) is 1. The van der Waals surface area contributed by atoms with Gasteiger partial charge in [0, 0.05) is 11.1 Å². The van der Waals surface area contributed by atoms with Crippen molar-refractivity contribution in [3.05, 3.63) is 16.1 Å². The molecular formula is C10H14F3N3OS. The summed E-state index contributed by atoms with van der Waals surface area (Å²) in [5.41, 5.74) is 2.09. The second-order valence-corrected chi connectivity index (χ2v) is 5.16. The standard InChI is InChI=1S/C10H14F3N3OS/c1-3-6-4-15-7(18-6)5-16-8(17)9(2,14)10(11,12)13/h4H,3,5,14H2,1-2H3,(H,16,17). The van der Waals surface area contributed by atoms with E-state index in [9.17, 15) is 18.0 Å². The number of hydrogen-bond acceptors (Lipinski definition) is 4. The zero-order chi connectivity index (χ0) is 14.0. The Balaban J connectivity index is 2.61. The molecule has 1 aromatic heterocycles. The summed E-state index contributed by atoms with van der Waals surface area (Å²) in [6, 6.07) is 0. The Bertz CT molecular complexity index is 428. The van der Waals surface area contributed by atoms with Crippen molar-refractivity contribution >= 4 is 17.2 Å². The normalized spacial score (nSPS) is 15.2. The second kappa shape index (κ2) is 5.23. The molecule has 1 heterocycles. The van der Waals surface area contributed by atoms with Crippen molar-refractivity contribution in [1.29, 1.82) is 0 Å². The number of nitrogens with one attached hydrogen (secondary N) is 1. The van der Waals surface area contributed by atoms with E-state index in [4.69, 9.17) is 5.73 Å². The summed E-state index contributed by atoms with van der Waals surface area (Å²) in [4.78, 5) is 16.4. The number of aromatic nitrogens is 1. The average Bonchev–Trinajstić information content (AvgIpc) is 2.72. The smallest absolute Gasteiger partial charge is 0.348 e. The lowest BCUT2D eigenvalue weighted by Gasteiger charge is -2.25. The maximum Gasteiger partial charge on any atom is 0.415 e. The monoisotopic (exact) mass is 281 g/mol. The number of thiazole rings is 1. The molecule has 0 spiro atoms. The van der Waals surface area contributed by atoms with E-state index in [-0.39, 0.29) is 6.54 Å². The van der Waals surface area contributed by atoms with Crippen LogP contribution in [0.5, 0.6) is 0 Å². The number of carbonyl (C=O) groups excluding carboxylic acids is 1. The van der Waals surface area contributed by atoms with Crippen LogP contribution in [0.15, 0.2) is 6.20 Å². The number of hydrogen-bond donors (Lipinski definition) is 2. The first-order chi connectivity index (χ1) is 8.18. The van der Waals surface area contributed by atoms with Crippen LogP contribution < -0.4 is 11.1 Å². The van der Waals surface area contributed by atoms with Crippen LogP contribution in [-0.2, 0) is 17.8 Å². The van der Waals surface area contributed by atoms with Gasteiger partial charge in [0.15, 0.2) is 5.54 Å². The molecule has 8 heteroatoms. The van der Waals surface area contributed by atoms with Gasteiger partial charge in [-0.1, -0.05) is 6.92 Å². The van der Waals surface area contributed by atoms with Gasteiger partial charge in [0.1, 0.15) is 5.01 Å². The molecule has 3 N–H and O–H groups in total. The number of carbonyl (C=O) groups is 1. The van der Waals surface area contributed by atoms with Crippen LogP contribution in [0.2, 0.25) is 0 Å². The van der Waals surface area contributed by atoms with Crippen molar-refractivity contribution in [2.45, 2.75) is 38.5 Å². The Morgan fingerprint density at radius 2 is 2.17 bits per heavy atom. The molecule has 0 fully saturated rings. The van der Waals surface area contributed by atoms with E-state index in [0.717, 1.165) is 11.3 Å². The molecule has 0 saturated carbocycles. The number of halogens is 3. The molecule has 4 nitrogen and oxygen atoms in total. The summed E-state index contributed by atoms with van der Waals surface area (Å²) in [6.07, 6.45) is -2.35. The second-order valence-electron chi connectivity index (χ2n) is 3.96. The van der Waals surface area contributed by atoms with Gasteiger partial charge in [-0.3, -0.25) is 4.79 Å². The molecule has 0 saturated heterocycles. The number of rotatable bonds is 4. The Morgan fingerprint density at radius 3 is 2.61 bits per heavy atom. The molecular weight excluding hydrogens is 267 g/mol. The van der Waals surface area contributed by atoms with Crippen LogP contribution in [0.4, 0.5) is 13.2 Å². The summed E-state index contributed by atoms with van der Waals surface area (Å²) in [5.74, 6) is -1.26. The number of amides is 1. The van der Waals surface area contributed by atoms with Gasteiger partial charge in [-0.15, -0.1) is 11.3 Å². The van der Waals surface area contributed by atoms with Gasteiger partial charge >= 0.3 is 6.18 Å². The highest BCUT2D eigenvalue weighted by molar-refractivity contribution is 7.11. The Morgan fingerprint density at radius 1 is 1.56 bits per heavy atom. The van der Waals surface area contributed by atoms with Crippen molar-refractivity contribution in [3.63, 3.8) is 0 Å². The third-order valence-electron chi connectivity index (χ3n) is 2.41. The molecule has 0 aliphatic carbocycles. The predicted octanol–water partition coefficient (Wildman–Crippen LogP) is 1.60. The fraction of sp³-hybridized carbons (Fsp3) is 0.600. The van der Waals surface area contributed by atoms with Gasteiger partial charge in [0.25, 0.3) is 0 Å². The van der Waals surface area contributed by atoms with E-state index in [0.29, 0.717) is 11.9 Å². The molecule has 0 aliphatic heterocycles. The van der Waals surface area contributed by atoms with Crippen LogP contribution in [0, 0.1) is 0 Å². The van der Waals surface area contributed by atoms with Crippen LogP contribution >= 0.6 is 11.3 Å². The first kappa shape index (κ1) is 14.9. The Hall–Kier alpha value is -1.15. The van der Waals surface area contributed by atoms with E-state index in [1.807, 2.05) is 6.92 Å². The van der Waals surface area contributed by atoms with Gasteiger partial charge in [0.05, 0.1) is 6.54 Å². The van der Waals surface area contributed by atoms with E-state index in [1.165, 1.54) is 11.3 Å². The molecule has 18 heavy (non-hydrogen) atoms. The van der Waals surface area contributed by atoms with Crippen LogP contribution in [0.1, 0.15) is 23.7 Å². The van der Waals surface area contributed by atoms with Crippen LogP contribution in [-0.4, -0.2) is 22.6 Å². The van der Waals surface area contributed by atoms with Gasteiger partial charge in [-0.2, -0.15) is 13.2 Å². The fourth-order valence-electron chi connectivity index (χ4n) is 1.06. The lowest BCUT2D eigenvalue weighted by atomic mass is 10.0. The largest absolute Gasteiger partial charge is 0.415 e. The highest BCUT2D eigenvalue weighted by Gasteiger charge is 2.53. The summed E-state index contributed by atoms with van der Waals surface area (Å²) in [5, 5.41) is 2.70. The van der Waals surface area contributed by atoms with Gasteiger partial charge in [-0.05, 0) is 13.3 Å². The van der Waals surface area contributed by atoms with Gasteiger partial charge in [-0.25, -0.2) is 4.98 Å². The molecule has 0 bridgehead atoms. The van der Waals surface area contributed by atoms with Crippen molar-refractivity contribution in [1.82, 2.24) is 10.3 Å². The van der Waals surface area contributed by atoms with Crippen LogP contribution in [0.25, 0.3) is 0 Å². The molecule has 102 valence electrons. The van der Waals surface area contributed by atoms with Crippen molar-refractivity contribution in [3.8, 4) is 0 Å². The van der Waals surface area contributed by atoms with E-state index >= 15 is 0 Å². The maximum absolute atomic E-state index is 12.5. The zero-order valence-corrected chi connectivity index (χ0v) is 10.8. The van der Waals surface area contributed by atoms with E-state index in [2.05, 4.69) is 10.3 Å². The molecule has 1 atom stereocenters. The summed E-state index contributed by atoms with van der Waals surface area (Å²) in [7, 11) is 0. The van der Waals surface area contributed by atoms with E-state index in [1.54, 1.807) is 6.20 Å². The SMILES string of the molecule is CCc1cnc(CNC(=O)C(C)(N)C(F)(F)F)s1. The molecule has 0 radical (unpaired) electrons. The Labute approximate surface area is 106 Å². The minimum absolute atomic E-state index is 0.0492. The summed E-state index contributed by atoms with van der Waals surface area (Å²) < 4.78 is 37.4. The molecule has 1 rings (SSSR count). The predicted molar refractivity (Wildman–Crippen MR) is 62.0 cm³/mol. The quantitative estimate of drug-likeness (QED) is 0.881. The number of nitrogens with zero attached hydrogens (tertiary/aromatic N) is 1. The van der Waals surface area contributed by atoms with Crippen molar-refractivity contribution in [2.24, 2.45) is 5.73 Å². The molecule has 0 aromatic carbocycles. The maximum atomic E-state index is 12.5. The highest BCUT2D eigenvalue weighted by atomic mass is 32.1. The first-order valence-electron chi connectivity index (χ1n) is 5.26. The average molecular weight is 281 g/mol.